The van der Waals surface area contributed by atoms with Crippen LogP contribution in [0.5, 0.6) is 0 Å². The highest BCUT2D eigenvalue weighted by atomic mass is 32.2. The summed E-state index contributed by atoms with van der Waals surface area (Å²) in [5.41, 5.74) is 1.18. The molecule has 1 aromatic rings. The molecule has 2 nitrogen and oxygen atoms in total. The number of hydrogen-bond acceptors (Lipinski definition) is 4. The monoisotopic (exact) mass is 271 g/mol. The molecule has 0 radical (unpaired) electrons. The quantitative estimate of drug-likeness (QED) is 0.610. The normalized spacial score (nSPS) is 10.6. The molecule has 0 saturated carbocycles. The molecule has 0 spiro atoms. The van der Waals surface area contributed by atoms with Crippen molar-refractivity contribution in [2.24, 2.45) is 0 Å². The van der Waals surface area contributed by atoms with Crippen LogP contribution >= 0.6 is 23.5 Å². The van der Waals surface area contributed by atoms with E-state index in [1.165, 1.54) is 11.4 Å². The molecule has 0 aliphatic rings. The minimum atomic E-state index is 0.872. The molecule has 0 fully saturated rings. The molecule has 0 N–H and O–H groups in total. The minimum Gasteiger partial charge on any atom is -0.380 e. The van der Waals surface area contributed by atoms with Crippen molar-refractivity contribution >= 4 is 23.5 Å². The zero-order valence-corrected chi connectivity index (χ0v) is 12.1. The number of thioether (sulfide) groups is 2. The minimum absolute atomic E-state index is 0.872. The fourth-order valence-corrected chi connectivity index (χ4v) is 2.62. The molecule has 1 heterocycles. The first-order chi connectivity index (χ1) is 8.43. The van der Waals surface area contributed by atoms with Gasteiger partial charge in [-0.25, -0.2) is 0 Å². The molecular formula is C13H21NOS2. The van der Waals surface area contributed by atoms with Crippen LogP contribution in [0.15, 0.2) is 24.4 Å². The highest BCUT2D eigenvalue weighted by Gasteiger charge is 1.94. The van der Waals surface area contributed by atoms with E-state index < -0.39 is 0 Å². The maximum Gasteiger partial charge on any atom is 0.0557 e. The lowest BCUT2D eigenvalue weighted by Gasteiger charge is -2.03. The third kappa shape index (κ3) is 8.52. The van der Waals surface area contributed by atoms with Gasteiger partial charge in [-0.2, -0.15) is 23.5 Å². The zero-order valence-electron chi connectivity index (χ0n) is 10.4. The molecule has 4 heteroatoms. The van der Waals surface area contributed by atoms with Gasteiger partial charge < -0.3 is 4.74 Å². The third-order valence-corrected chi connectivity index (χ3v) is 3.99. The first kappa shape index (κ1) is 14.9. The standard InChI is InChI=1S/C13H21NOS2/c1-2-16-11-8-15-9-12-17-10-6-13-5-3-4-7-14-13/h3-5,7H,2,6,8-12H2,1H3. The van der Waals surface area contributed by atoms with Crippen LogP contribution in [0.3, 0.4) is 0 Å². The van der Waals surface area contributed by atoms with Crippen LogP contribution in [0.2, 0.25) is 0 Å². The molecule has 1 rings (SSSR count). The van der Waals surface area contributed by atoms with Crippen LogP contribution in [0, 0.1) is 0 Å². The first-order valence-electron chi connectivity index (χ1n) is 6.06. The van der Waals surface area contributed by atoms with E-state index in [0.717, 1.165) is 36.9 Å². The maximum absolute atomic E-state index is 5.53. The van der Waals surface area contributed by atoms with Crippen molar-refractivity contribution in [2.75, 3.05) is 36.2 Å². The summed E-state index contributed by atoms with van der Waals surface area (Å²) >= 11 is 3.87. The Labute approximate surface area is 113 Å². The fourth-order valence-electron chi connectivity index (χ4n) is 1.31. The predicted octanol–water partition coefficient (Wildman–Crippen LogP) is 3.13. The molecule has 0 aliphatic carbocycles. The van der Waals surface area contributed by atoms with Crippen LogP contribution in [0.4, 0.5) is 0 Å². The second-order valence-electron chi connectivity index (χ2n) is 3.49. The first-order valence-corrected chi connectivity index (χ1v) is 8.37. The van der Waals surface area contributed by atoms with E-state index in [2.05, 4.69) is 18.0 Å². The maximum atomic E-state index is 5.53. The summed E-state index contributed by atoms with van der Waals surface area (Å²) in [7, 11) is 0. The smallest absolute Gasteiger partial charge is 0.0557 e. The van der Waals surface area contributed by atoms with Gasteiger partial charge in [0, 0.05) is 23.4 Å². The van der Waals surface area contributed by atoms with Gasteiger partial charge in [0.05, 0.1) is 13.2 Å². The Balaban J connectivity index is 1.85. The van der Waals surface area contributed by atoms with Crippen LogP contribution in [0.1, 0.15) is 12.6 Å². The molecular weight excluding hydrogens is 250 g/mol. The number of pyridine rings is 1. The van der Waals surface area contributed by atoms with Crippen molar-refractivity contribution < 1.29 is 4.74 Å². The summed E-state index contributed by atoms with van der Waals surface area (Å²) in [4.78, 5) is 4.30. The Hall–Kier alpha value is -0.190. The summed E-state index contributed by atoms with van der Waals surface area (Å²) in [6.07, 6.45) is 2.91. The Bertz CT molecular complexity index is 269. The molecule has 0 aromatic carbocycles. The largest absolute Gasteiger partial charge is 0.380 e. The second-order valence-corrected chi connectivity index (χ2v) is 6.11. The second kappa shape index (κ2) is 10.9. The number of aryl methyl sites for hydroxylation is 1. The highest BCUT2D eigenvalue weighted by Crippen LogP contribution is 2.05. The van der Waals surface area contributed by atoms with Crippen molar-refractivity contribution in [3.63, 3.8) is 0 Å². The zero-order chi connectivity index (χ0) is 12.2. The molecule has 0 unspecified atom stereocenters. The lowest BCUT2D eigenvalue weighted by atomic mass is 10.3. The van der Waals surface area contributed by atoms with E-state index in [4.69, 9.17) is 4.74 Å². The summed E-state index contributed by atoms with van der Waals surface area (Å²) in [6.45, 7) is 3.94. The van der Waals surface area contributed by atoms with Gasteiger partial charge in [0.1, 0.15) is 0 Å². The Kier molecular flexibility index (Phi) is 9.56. The van der Waals surface area contributed by atoms with E-state index in [1.807, 2.05) is 41.9 Å². The number of rotatable bonds is 10. The van der Waals surface area contributed by atoms with Gasteiger partial charge in [0.25, 0.3) is 0 Å². The molecule has 1 aromatic heterocycles. The van der Waals surface area contributed by atoms with Gasteiger partial charge >= 0.3 is 0 Å². The summed E-state index contributed by atoms with van der Waals surface area (Å²) in [5.74, 6) is 4.52. The van der Waals surface area contributed by atoms with Crippen molar-refractivity contribution in [2.45, 2.75) is 13.3 Å². The van der Waals surface area contributed by atoms with Crippen LogP contribution in [0.25, 0.3) is 0 Å². The molecule has 0 amide bonds. The molecule has 96 valence electrons. The topological polar surface area (TPSA) is 22.1 Å². The van der Waals surface area contributed by atoms with Crippen molar-refractivity contribution in [1.82, 2.24) is 4.98 Å². The molecule has 0 saturated heterocycles. The van der Waals surface area contributed by atoms with Crippen molar-refractivity contribution in [3.8, 4) is 0 Å². The van der Waals surface area contributed by atoms with Gasteiger partial charge in [-0.15, -0.1) is 0 Å². The third-order valence-electron chi connectivity index (χ3n) is 2.18. The molecule has 17 heavy (non-hydrogen) atoms. The average Bonchev–Trinajstić information content (AvgIpc) is 2.38. The summed E-state index contributed by atoms with van der Waals surface area (Å²) in [5, 5.41) is 0. The Morgan fingerprint density at radius 2 is 1.94 bits per heavy atom. The van der Waals surface area contributed by atoms with E-state index in [9.17, 15) is 0 Å². The van der Waals surface area contributed by atoms with Gasteiger partial charge in [0.2, 0.25) is 0 Å². The predicted molar refractivity (Wildman–Crippen MR) is 79.1 cm³/mol. The average molecular weight is 271 g/mol. The van der Waals surface area contributed by atoms with Crippen LogP contribution < -0.4 is 0 Å². The molecule has 0 bridgehead atoms. The highest BCUT2D eigenvalue weighted by molar-refractivity contribution is 7.99. The number of aromatic nitrogens is 1. The van der Waals surface area contributed by atoms with Gasteiger partial charge in [-0.05, 0) is 30.1 Å². The Morgan fingerprint density at radius 3 is 2.65 bits per heavy atom. The number of hydrogen-bond donors (Lipinski definition) is 0. The van der Waals surface area contributed by atoms with E-state index in [1.54, 1.807) is 0 Å². The lowest BCUT2D eigenvalue weighted by Crippen LogP contribution is -2.02. The SMILES string of the molecule is CCSCCOCCSCCc1ccccn1. The van der Waals surface area contributed by atoms with Gasteiger partial charge in [0.15, 0.2) is 0 Å². The van der Waals surface area contributed by atoms with E-state index in [0.29, 0.717) is 0 Å². The number of nitrogens with zero attached hydrogens (tertiary/aromatic N) is 1. The van der Waals surface area contributed by atoms with E-state index >= 15 is 0 Å². The molecule has 0 atom stereocenters. The van der Waals surface area contributed by atoms with Gasteiger partial charge in [-0.1, -0.05) is 13.0 Å². The lowest BCUT2D eigenvalue weighted by molar-refractivity contribution is 0.167. The molecule has 0 aliphatic heterocycles. The van der Waals surface area contributed by atoms with Crippen LogP contribution in [-0.2, 0) is 11.2 Å². The summed E-state index contributed by atoms with van der Waals surface area (Å²) in [6, 6.07) is 6.08. The van der Waals surface area contributed by atoms with Crippen LogP contribution in [-0.4, -0.2) is 41.2 Å². The fraction of sp³-hybridized carbons (Fsp3) is 0.615. The van der Waals surface area contributed by atoms with Gasteiger partial charge in [-0.3, -0.25) is 4.98 Å². The summed E-state index contributed by atoms with van der Waals surface area (Å²) < 4.78 is 5.53. The number of ether oxygens (including phenoxy) is 1. The Morgan fingerprint density at radius 1 is 1.12 bits per heavy atom. The van der Waals surface area contributed by atoms with Crippen molar-refractivity contribution in [3.05, 3.63) is 30.1 Å². The van der Waals surface area contributed by atoms with E-state index in [-0.39, 0.29) is 0 Å². The van der Waals surface area contributed by atoms with Crippen molar-refractivity contribution in [1.29, 1.82) is 0 Å².